The first-order valence-corrected chi connectivity index (χ1v) is 7.06. The highest BCUT2D eigenvalue weighted by molar-refractivity contribution is 5.96. The fourth-order valence-corrected chi connectivity index (χ4v) is 2.91. The molecule has 0 unspecified atom stereocenters. The summed E-state index contributed by atoms with van der Waals surface area (Å²) in [6.45, 7) is 7.56. The number of carboxylic acids is 1. The number of nitrogens with zero attached hydrogens (tertiary/aromatic N) is 1. The Hall–Kier alpha value is -1.81. The van der Waals surface area contributed by atoms with E-state index in [1.807, 2.05) is 13.0 Å². The first-order chi connectivity index (χ1) is 9.51. The van der Waals surface area contributed by atoms with Crippen molar-refractivity contribution in [3.8, 4) is 0 Å². The zero-order valence-electron chi connectivity index (χ0n) is 12.4. The van der Waals surface area contributed by atoms with Crippen LogP contribution in [0.3, 0.4) is 0 Å². The van der Waals surface area contributed by atoms with E-state index in [4.69, 9.17) is 5.73 Å². The maximum atomic E-state index is 11.3. The van der Waals surface area contributed by atoms with E-state index in [0.717, 1.165) is 30.5 Å². The molecule has 0 saturated carbocycles. The van der Waals surface area contributed by atoms with Crippen LogP contribution in [0.1, 0.15) is 40.5 Å². The lowest BCUT2D eigenvalue weighted by Crippen LogP contribution is -2.07. The normalized spacial score (nSPS) is 11.2. The van der Waals surface area contributed by atoms with Crippen LogP contribution in [0.25, 0.3) is 10.9 Å². The van der Waals surface area contributed by atoms with Gasteiger partial charge in [-0.1, -0.05) is 6.92 Å². The number of aryl methyl sites for hydroxylation is 3. The van der Waals surface area contributed by atoms with Crippen LogP contribution in [-0.2, 0) is 13.0 Å². The summed E-state index contributed by atoms with van der Waals surface area (Å²) in [5.74, 6) is -0.869. The van der Waals surface area contributed by atoms with Crippen LogP contribution in [-0.4, -0.2) is 22.2 Å². The van der Waals surface area contributed by atoms with Gasteiger partial charge in [0, 0.05) is 23.1 Å². The third-order valence-corrected chi connectivity index (χ3v) is 3.97. The van der Waals surface area contributed by atoms with Gasteiger partial charge >= 0.3 is 5.97 Å². The molecule has 0 bridgehead atoms. The highest BCUT2D eigenvalue weighted by atomic mass is 16.4. The number of hydrogen-bond donors (Lipinski definition) is 2. The van der Waals surface area contributed by atoms with Crippen molar-refractivity contribution < 1.29 is 9.90 Å². The molecule has 1 aromatic heterocycles. The van der Waals surface area contributed by atoms with Crippen molar-refractivity contribution in [1.29, 1.82) is 0 Å². The Balaban J connectivity index is 2.73. The number of benzene rings is 1. The predicted molar refractivity (Wildman–Crippen MR) is 81.4 cm³/mol. The molecule has 0 amide bonds. The van der Waals surface area contributed by atoms with Gasteiger partial charge in [0.25, 0.3) is 0 Å². The minimum Gasteiger partial charge on any atom is -0.478 e. The lowest BCUT2D eigenvalue weighted by atomic mass is 10.0. The molecule has 0 radical (unpaired) electrons. The van der Waals surface area contributed by atoms with Crippen LogP contribution in [0.4, 0.5) is 0 Å². The minimum atomic E-state index is -0.869. The van der Waals surface area contributed by atoms with Gasteiger partial charge in [0.2, 0.25) is 0 Å². The van der Waals surface area contributed by atoms with E-state index in [0.29, 0.717) is 12.1 Å². The summed E-state index contributed by atoms with van der Waals surface area (Å²) in [4.78, 5) is 11.3. The van der Waals surface area contributed by atoms with E-state index >= 15 is 0 Å². The van der Waals surface area contributed by atoms with Gasteiger partial charge in [-0.25, -0.2) is 4.79 Å². The topological polar surface area (TPSA) is 68.2 Å². The molecule has 2 rings (SSSR count). The number of hydrogen-bond acceptors (Lipinski definition) is 2. The first kappa shape index (κ1) is 14.6. The minimum absolute atomic E-state index is 0.381. The van der Waals surface area contributed by atoms with Crippen LogP contribution in [0.15, 0.2) is 12.1 Å². The summed E-state index contributed by atoms with van der Waals surface area (Å²) in [5.41, 5.74) is 10.3. The van der Waals surface area contributed by atoms with Gasteiger partial charge in [-0.15, -0.1) is 0 Å². The molecule has 108 valence electrons. The second-order valence-corrected chi connectivity index (χ2v) is 5.20. The van der Waals surface area contributed by atoms with Crippen molar-refractivity contribution in [3.05, 3.63) is 34.5 Å². The van der Waals surface area contributed by atoms with Crippen LogP contribution in [0, 0.1) is 13.8 Å². The number of aromatic nitrogens is 1. The molecule has 1 heterocycles. The molecule has 20 heavy (non-hydrogen) atoms. The van der Waals surface area contributed by atoms with Crippen LogP contribution < -0.4 is 5.73 Å². The largest absolute Gasteiger partial charge is 0.478 e. The second-order valence-electron chi connectivity index (χ2n) is 5.20. The third-order valence-electron chi connectivity index (χ3n) is 3.97. The first-order valence-electron chi connectivity index (χ1n) is 7.06. The van der Waals surface area contributed by atoms with E-state index < -0.39 is 5.97 Å². The fourth-order valence-electron chi connectivity index (χ4n) is 2.91. The molecule has 3 N–H and O–H groups in total. The van der Waals surface area contributed by atoms with Crippen molar-refractivity contribution in [1.82, 2.24) is 4.57 Å². The number of carbonyl (C=O) groups is 1. The average Bonchev–Trinajstić information content (AvgIpc) is 2.66. The van der Waals surface area contributed by atoms with Crippen LogP contribution in [0.2, 0.25) is 0 Å². The summed E-state index contributed by atoms with van der Waals surface area (Å²) < 4.78 is 2.20. The molecule has 0 aliphatic heterocycles. The van der Waals surface area contributed by atoms with Gasteiger partial charge in [-0.05, 0) is 56.5 Å². The molecule has 4 heteroatoms. The molecule has 0 atom stereocenters. The van der Waals surface area contributed by atoms with Crippen LogP contribution in [0.5, 0.6) is 0 Å². The molecule has 4 nitrogen and oxygen atoms in total. The summed E-state index contributed by atoms with van der Waals surface area (Å²) in [6, 6.07) is 3.80. The van der Waals surface area contributed by atoms with Crippen molar-refractivity contribution in [2.45, 2.75) is 40.2 Å². The highest BCUT2D eigenvalue weighted by Gasteiger charge is 2.16. The Morgan fingerprint density at radius 3 is 2.60 bits per heavy atom. The Labute approximate surface area is 119 Å². The number of aromatic carboxylic acids is 1. The van der Waals surface area contributed by atoms with E-state index in [1.54, 1.807) is 6.07 Å². The highest BCUT2D eigenvalue weighted by Crippen LogP contribution is 2.29. The Morgan fingerprint density at radius 2 is 2.05 bits per heavy atom. The maximum Gasteiger partial charge on any atom is 0.336 e. The fraction of sp³-hybridized carbons (Fsp3) is 0.438. The van der Waals surface area contributed by atoms with Gasteiger partial charge in [-0.3, -0.25) is 0 Å². The molecular weight excluding hydrogens is 252 g/mol. The zero-order chi connectivity index (χ0) is 14.9. The molecule has 1 aromatic carbocycles. The summed E-state index contributed by atoms with van der Waals surface area (Å²) in [7, 11) is 0. The lowest BCUT2D eigenvalue weighted by Gasteiger charge is -2.08. The SMILES string of the molecule is CCc1c(C)n(CCCN)c2cc(C(=O)O)c(C)cc12. The quantitative estimate of drug-likeness (QED) is 0.881. The third kappa shape index (κ3) is 2.31. The molecule has 2 aromatic rings. The van der Waals surface area contributed by atoms with Crippen molar-refractivity contribution in [2.24, 2.45) is 5.73 Å². The monoisotopic (exact) mass is 274 g/mol. The van der Waals surface area contributed by atoms with Gasteiger partial charge in [0.15, 0.2) is 0 Å². The number of rotatable bonds is 5. The molecule has 0 aliphatic rings. The number of nitrogens with two attached hydrogens (primary N) is 1. The number of carboxylic acid groups (broad SMARTS) is 1. The Kier molecular flexibility index (Phi) is 4.14. The second kappa shape index (κ2) is 5.67. The Morgan fingerprint density at radius 1 is 1.35 bits per heavy atom. The molecule has 0 saturated heterocycles. The van der Waals surface area contributed by atoms with Gasteiger partial charge in [0.05, 0.1) is 5.56 Å². The lowest BCUT2D eigenvalue weighted by molar-refractivity contribution is 0.0696. The van der Waals surface area contributed by atoms with Crippen LogP contribution >= 0.6 is 0 Å². The van der Waals surface area contributed by atoms with Gasteiger partial charge in [0.1, 0.15) is 0 Å². The van der Waals surface area contributed by atoms with E-state index in [9.17, 15) is 9.90 Å². The van der Waals surface area contributed by atoms with Gasteiger partial charge in [-0.2, -0.15) is 0 Å². The standard InChI is InChI=1S/C16H22N2O2/c1-4-12-11(3)18(7-5-6-17)15-9-13(16(19)20)10(2)8-14(12)15/h8-9H,4-7,17H2,1-3H3,(H,19,20). The molecular formula is C16H22N2O2. The van der Waals surface area contributed by atoms with E-state index in [-0.39, 0.29) is 0 Å². The molecule has 0 aliphatic carbocycles. The van der Waals surface area contributed by atoms with Crippen molar-refractivity contribution in [2.75, 3.05) is 6.54 Å². The van der Waals surface area contributed by atoms with E-state index in [1.165, 1.54) is 16.6 Å². The molecule has 0 spiro atoms. The molecule has 0 fully saturated rings. The van der Waals surface area contributed by atoms with E-state index in [2.05, 4.69) is 18.4 Å². The summed E-state index contributed by atoms with van der Waals surface area (Å²) in [6.07, 6.45) is 1.84. The van der Waals surface area contributed by atoms with Gasteiger partial charge < -0.3 is 15.4 Å². The predicted octanol–water partition coefficient (Wildman–Crippen LogP) is 2.87. The summed E-state index contributed by atoms with van der Waals surface area (Å²) in [5, 5.41) is 10.5. The summed E-state index contributed by atoms with van der Waals surface area (Å²) >= 11 is 0. The smallest absolute Gasteiger partial charge is 0.336 e. The average molecular weight is 274 g/mol. The van der Waals surface area contributed by atoms with Crippen molar-refractivity contribution >= 4 is 16.9 Å². The Bertz CT molecular complexity index is 656. The maximum absolute atomic E-state index is 11.3. The van der Waals surface area contributed by atoms with Crippen molar-refractivity contribution in [3.63, 3.8) is 0 Å². The number of fused-ring (bicyclic) bond motifs is 1. The zero-order valence-corrected chi connectivity index (χ0v) is 12.4.